The molecule has 0 heterocycles. The molecule has 0 atom stereocenters. The molecular weight excluding hydrogens is 321 g/mol. The molecule has 23 heavy (non-hydrogen) atoms. The van der Waals surface area contributed by atoms with Crippen molar-refractivity contribution in [1.82, 2.24) is 0 Å². The molecule has 2 rings (SSSR count). The van der Waals surface area contributed by atoms with E-state index in [2.05, 4.69) is 4.72 Å². The summed E-state index contributed by atoms with van der Waals surface area (Å²) in [4.78, 5) is -0.105. The fourth-order valence-electron chi connectivity index (χ4n) is 2.15. The monoisotopic (exact) mass is 339 g/mol. The first kappa shape index (κ1) is 17.1. The topological polar surface area (TPSA) is 64.6 Å². The van der Waals surface area contributed by atoms with E-state index >= 15 is 0 Å². The maximum Gasteiger partial charge on any atom is 0.262 e. The molecule has 0 spiro atoms. The molecule has 5 nitrogen and oxygen atoms in total. The Labute approximate surface area is 135 Å². The van der Waals surface area contributed by atoms with Crippen molar-refractivity contribution in [3.05, 3.63) is 47.3 Å². The smallest absolute Gasteiger partial charge is 0.262 e. The molecular formula is C16H18FNO4S. The van der Waals surface area contributed by atoms with Gasteiger partial charge in [0.2, 0.25) is 0 Å². The van der Waals surface area contributed by atoms with Crippen molar-refractivity contribution in [3.8, 4) is 11.5 Å². The number of methoxy groups -OCH3 is 2. The standard InChI is InChI=1S/C16H18FNO4S/c1-10-5-6-12(17)8-16(10)23(19,20)18-13-9-15(22-4)14(21-3)7-11(13)2/h5-9,18H,1-4H3. The SMILES string of the molecule is COc1cc(C)c(NS(=O)(=O)c2cc(F)ccc2C)cc1OC. The van der Waals surface area contributed by atoms with Gasteiger partial charge in [-0.3, -0.25) is 4.72 Å². The van der Waals surface area contributed by atoms with Crippen molar-refractivity contribution in [3.63, 3.8) is 0 Å². The van der Waals surface area contributed by atoms with Crippen LogP contribution < -0.4 is 14.2 Å². The van der Waals surface area contributed by atoms with Gasteiger partial charge in [-0.25, -0.2) is 12.8 Å². The Balaban J connectivity index is 2.47. The van der Waals surface area contributed by atoms with Crippen molar-refractivity contribution >= 4 is 15.7 Å². The van der Waals surface area contributed by atoms with Crippen LogP contribution in [0.15, 0.2) is 35.2 Å². The zero-order chi connectivity index (χ0) is 17.2. The number of nitrogens with one attached hydrogen (secondary N) is 1. The quantitative estimate of drug-likeness (QED) is 0.908. The van der Waals surface area contributed by atoms with Crippen LogP contribution in [0.2, 0.25) is 0 Å². The number of ether oxygens (including phenoxy) is 2. The van der Waals surface area contributed by atoms with E-state index in [1.54, 1.807) is 19.9 Å². The summed E-state index contributed by atoms with van der Waals surface area (Å²) in [5.41, 5.74) is 1.45. The lowest BCUT2D eigenvalue weighted by atomic mass is 10.2. The molecule has 0 aromatic heterocycles. The van der Waals surface area contributed by atoms with Gasteiger partial charge in [-0.05, 0) is 43.2 Å². The van der Waals surface area contributed by atoms with E-state index in [9.17, 15) is 12.8 Å². The summed E-state index contributed by atoms with van der Waals surface area (Å²) >= 11 is 0. The fraction of sp³-hybridized carbons (Fsp3) is 0.250. The van der Waals surface area contributed by atoms with Crippen LogP contribution in [-0.4, -0.2) is 22.6 Å². The molecule has 1 N–H and O–H groups in total. The van der Waals surface area contributed by atoms with Gasteiger partial charge in [-0.1, -0.05) is 6.07 Å². The first-order chi connectivity index (χ1) is 10.8. The minimum atomic E-state index is -3.92. The van der Waals surface area contributed by atoms with E-state index < -0.39 is 15.8 Å². The number of anilines is 1. The van der Waals surface area contributed by atoms with Crippen LogP contribution in [0.3, 0.4) is 0 Å². The van der Waals surface area contributed by atoms with Crippen molar-refractivity contribution in [2.45, 2.75) is 18.7 Å². The Morgan fingerprint density at radius 3 is 2.17 bits per heavy atom. The third kappa shape index (κ3) is 3.56. The molecule has 0 aliphatic carbocycles. The maximum absolute atomic E-state index is 13.4. The Morgan fingerprint density at radius 2 is 1.57 bits per heavy atom. The van der Waals surface area contributed by atoms with Gasteiger partial charge in [-0.15, -0.1) is 0 Å². The predicted molar refractivity (Wildman–Crippen MR) is 86.2 cm³/mol. The zero-order valence-corrected chi connectivity index (χ0v) is 14.1. The van der Waals surface area contributed by atoms with Crippen LogP contribution in [0.1, 0.15) is 11.1 Å². The number of benzene rings is 2. The molecule has 2 aromatic carbocycles. The van der Waals surface area contributed by atoms with Crippen molar-refractivity contribution in [1.29, 1.82) is 0 Å². The lowest BCUT2D eigenvalue weighted by Crippen LogP contribution is -2.15. The summed E-state index contributed by atoms with van der Waals surface area (Å²) in [6.07, 6.45) is 0. The summed E-state index contributed by atoms with van der Waals surface area (Å²) in [5, 5.41) is 0. The van der Waals surface area contributed by atoms with Gasteiger partial charge >= 0.3 is 0 Å². The minimum Gasteiger partial charge on any atom is -0.493 e. The van der Waals surface area contributed by atoms with Crippen molar-refractivity contribution in [2.75, 3.05) is 18.9 Å². The fourth-order valence-corrected chi connectivity index (χ4v) is 3.53. The van der Waals surface area contributed by atoms with Crippen LogP contribution in [0.25, 0.3) is 0 Å². The molecule has 0 fully saturated rings. The van der Waals surface area contributed by atoms with Crippen LogP contribution in [0.5, 0.6) is 11.5 Å². The number of hydrogen-bond donors (Lipinski definition) is 1. The molecule has 0 amide bonds. The normalized spacial score (nSPS) is 11.2. The number of rotatable bonds is 5. The van der Waals surface area contributed by atoms with Crippen LogP contribution in [0.4, 0.5) is 10.1 Å². The van der Waals surface area contributed by atoms with E-state index in [0.717, 1.165) is 6.07 Å². The Bertz CT molecular complexity index is 834. The first-order valence-corrected chi connectivity index (χ1v) is 8.28. The summed E-state index contributed by atoms with van der Waals surface area (Å²) < 4.78 is 51.3. The van der Waals surface area contributed by atoms with Crippen molar-refractivity contribution < 1.29 is 22.3 Å². The highest BCUT2D eigenvalue weighted by atomic mass is 32.2. The van der Waals surface area contributed by atoms with Crippen LogP contribution >= 0.6 is 0 Å². The summed E-state index contributed by atoms with van der Waals surface area (Å²) in [7, 11) is -0.962. The number of hydrogen-bond acceptors (Lipinski definition) is 4. The Hall–Kier alpha value is -2.28. The second-order valence-electron chi connectivity index (χ2n) is 5.04. The van der Waals surface area contributed by atoms with Gasteiger partial charge in [0.25, 0.3) is 10.0 Å². The molecule has 0 saturated heterocycles. The molecule has 0 aliphatic rings. The zero-order valence-electron chi connectivity index (χ0n) is 13.3. The molecule has 0 bridgehead atoms. The molecule has 0 unspecified atom stereocenters. The Morgan fingerprint density at radius 1 is 0.957 bits per heavy atom. The number of aryl methyl sites for hydroxylation is 2. The van der Waals surface area contributed by atoms with Gasteiger partial charge in [-0.2, -0.15) is 0 Å². The highest BCUT2D eigenvalue weighted by molar-refractivity contribution is 7.92. The third-order valence-electron chi connectivity index (χ3n) is 3.41. The second-order valence-corrected chi connectivity index (χ2v) is 6.69. The molecule has 124 valence electrons. The van der Waals surface area contributed by atoms with Crippen LogP contribution in [-0.2, 0) is 10.0 Å². The van der Waals surface area contributed by atoms with Gasteiger partial charge in [0, 0.05) is 6.07 Å². The third-order valence-corrected chi connectivity index (χ3v) is 4.92. The van der Waals surface area contributed by atoms with E-state index in [1.807, 2.05) is 0 Å². The summed E-state index contributed by atoms with van der Waals surface area (Å²) in [6, 6.07) is 6.82. The van der Waals surface area contributed by atoms with Gasteiger partial charge < -0.3 is 9.47 Å². The minimum absolute atomic E-state index is 0.105. The second kappa shape index (κ2) is 6.45. The van der Waals surface area contributed by atoms with Gasteiger partial charge in [0.1, 0.15) is 5.82 Å². The van der Waals surface area contributed by atoms with E-state index in [0.29, 0.717) is 28.3 Å². The average Bonchev–Trinajstić information content (AvgIpc) is 2.50. The lowest BCUT2D eigenvalue weighted by molar-refractivity contribution is 0.355. The number of sulfonamides is 1. The largest absolute Gasteiger partial charge is 0.493 e. The highest BCUT2D eigenvalue weighted by Gasteiger charge is 2.20. The first-order valence-electron chi connectivity index (χ1n) is 6.80. The lowest BCUT2D eigenvalue weighted by Gasteiger charge is -2.15. The van der Waals surface area contributed by atoms with Crippen molar-refractivity contribution in [2.24, 2.45) is 0 Å². The van der Waals surface area contributed by atoms with E-state index in [-0.39, 0.29) is 4.90 Å². The predicted octanol–water partition coefficient (Wildman–Crippen LogP) is 3.26. The maximum atomic E-state index is 13.4. The molecule has 0 saturated carbocycles. The highest BCUT2D eigenvalue weighted by Crippen LogP contribution is 2.34. The van der Waals surface area contributed by atoms with Gasteiger partial charge in [0.05, 0.1) is 24.8 Å². The average molecular weight is 339 g/mol. The summed E-state index contributed by atoms with van der Waals surface area (Å²) in [6.45, 7) is 3.34. The Kier molecular flexibility index (Phi) is 4.79. The van der Waals surface area contributed by atoms with Crippen LogP contribution in [0, 0.1) is 19.7 Å². The molecule has 2 aromatic rings. The van der Waals surface area contributed by atoms with Gasteiger partial charge in [0.15, 0.2) is 11.5 Å². The summed E-state index contributed by atoms with van der Waals surface area (Å²) in [5.74, 6) is 0.279. The number of halogens is 1. The van der Waals surface area contributed by atoms with E-state index in [4.69, 9.17) is 9.47 Å². The molecule has 0 radical (unpaired) electrons. The van der Waals surface area contributed by atoms with E-state index in [1.165, 1.54) is 32.4 Å². The molecule has 7 heteroatoms. The molecule has 0 aliphatic heterocycles.